The Kier molecular flexibility index (Phi) is 12.2. The molecule has 3 heteroatoms. The van der Waals surface area contributed by atoms with Crippen LogP contribution < -0.4 is 0 Å². The Morgan fingerprint density at radius 1 is 1.38 bits per heavy atom. The van der Waals surface area contributed by atoms with E-state index in [9.17, 15) is 0 Å². The van der Waals surface area contributed by atoms with Crippen LogP contribution in [0.4, 0.5) is 0 Å². The van der Waals surface area contributed by atoms with Crippen molar-refractivity contribution < 1.29 is 46.8 Å². The first-order valence-electron chi connectivity index (χ1n) is 2.33. The van der Waals surface area contributed by atoms with E-state index >= 15 is 0 Å². The summed E-state index contributed by atoms with van der Waals surface area (Å²) in [4.78, 5) is 0. The van der Waals surface area contributed by atoms with Crippen molar-refractivity contribution in [1.82, 2.24) is 0 Å². The van der Waals surface area contributed by atoms with Crippen LogP contribution in [0, 0.1) is 37.3 Å². The first kappa shape index (κ1) is 11.9. The topological polar surface area (TPSA) is 18.5 Å². The van der Waals surface area contributed by atoms with Crippen molar-refractivity contribution >= 4 is 0 Å². The maximum absolute atomic E-state index is 4.87. The molecule has 0 saturated heterocycles. The summed E-state index contributed by atoms with van der Waals surface area (Å²) in [5, 5.41) is 0. The predicted molar refractivity (Wildman–Crippen MR) is 28.3 cm³/mol. The van der Waals surface area contributed by atoms with E-state index in [1.807, 2.05) is 6.92 Å². The number of rotatable bonds is 3. The number of methoxy groups -OCH3 is 2. The van der Waals surface area contributed by atoms with E-state index in [0.717, 1.165) is 0 Å². The summed E-state index contributed by atoms with van der Waals surface area (Å²) < 4.78 is 9.64. The maximum Gasteiger partial charge on any atom is 0.0776 e. The third-order valence-corrected chi connectivity index (χ3v) is 0.804. The Labute approximate surface area is 80.1 Å². The summed E-state index contributed by atoms with van der Waals surface area (Å²) in [6.45, 7) is 2.64. The molecule has 0 rings (SSSR count). The van der Waals surface area contributed by atoms with Gasteiger partial charge in [0, 0.05) is 51.5 Å². The number of ether oxygens (including phenoxy) is 2. The van der Waals surface area contributed by atoms with E-state index in [2.05, 4.69) is 0 Å². The third kappa shape index (κ3) is 7.17. The summed E-state index contributed by atoms with van der Waals surface area (Å²) in [7, 11) is 3.33. The van der Waals surface area contributed by atoms with Crippen LogP contribution in [-0.2, 0) is 9.47 Å². The smallest absolute Gasteiger partial charge is 0.0776 e. The zero-order valence-electron chi connectivity index (χ0n) is 5.39. The second kappa shape index (κ2) is 8.17. The molecule has 0 aromatic carbocycles. The van der Waals surface area contributed by atoms with E-state index < -0.39 is 0 Å². The Bertz CT molecular complexity index is 41.4. The van der Waals surface area contributed by atoms with Gasteiger partial charge in [0.2, 0.25) is 0 Å². The van der Waals surface area contributed by atoms with Gasteiger partial charge < -0.3 is 9.47 Å². The molecular formula is C5H12ErO2. The molecule has 0 heterocycles. The molecule has 2 nitrogen and oxygen atoms in total. The van der Waals surface area contributed by atoms with E-state index in [-0.39, 0.29) is 43.4 Å². The molecule has 0 aliphatic rings. The maximum atomic E-state index is 4.87. The minimum absolute atomic E-state index is 0. The van der Waals surface area contributed by atoms with Crippen LogP contribution >= 0.6 is 0 Å². The van der Waals surface area contributed by atoms with Crippen molar-refractivity contribution in [2.75, 3.05) is 20.8 Å². The molecule has 1 unspecified atom stereocenters. The summed E-state index contributed by atoms with van der Waals surface area (Å²) in [5.74, 6) is 0. The molecule has 0 saturated carbocycles. The van der Waals surface area contributed by atoms with Gasteiger partial charge in [-0.3, -0.25) is 0 Å². The molecule has 0 aromatic rings. The largest absolute Gasteiger partial charge is 0.382 e. The van der Waals surface area contributed by atoms with Gasteiger partial charge in [-0.1, -0.05) is 0 Å². The first-order valence-corrected chi connectivity index (χ1v) is 2.33. The SMILES string of the molecule is COCC(C)OC.[Er]. The quantitative estimate of drug-likeness (QED) is 0.751. The van der Waals surface area contributed by atoms with Gasteiger partial charge in [-0.05, 0) is 6.92 Å². The average Bonchev–Trinajstić information content (AvgIpc) is 1.68. The molecule has 0 aliphatic heterocycles. The van der Waals surface area contributed by atoms with Gasteiger partial charge in [0.1, 0.15) is 0 Å². The van der Waals surface area contributed by atoms with Gasteiger partial charge in [-0.2, -0.15) is 0 Å². The minimum Gasteiger partial charge on any atom is -0.382 e. The minimum atomic E-state index is 0. The second-order valence-electron chi connectivity index (χ2n) is 1.50. The summed E-state index contributed by atoms with van der Waals surface area (Å²) in [5.41, 5.74) is 0. The van der Waals surface area contributed by atoms with Crippen molar-refractivity contribution in [3.05, 3.63) is 0 Å². The van der Waals surface area contributed by atoms with Gasteiger partial charge in [-0.15, -0.1) is 0 Å². The predicted octanol–water partition coefficient (Wildman–Crippen LogP) is 0.668. The molecule has 0 aliphatic carbocycles. The number of hydrogen-bond donors (Lipinski definition) is 0. The fourth-order valence-corrected chi connectivity index (χ4v) is 0.303. The van der Waals surface area contributed by atoms with Gasteiger partial charge in [-0.25, -0.2) is 0 Å². The van der Waals surface area contributed by atoms with Crippen molar-refractivity contribution in [2.24, 2.45) is 0 Å². The summed E-state index contributed by atoms with van der Waals surface area (Å²) in [6.07, 6.45) is 0.227. The Hall–Kier alpha value is 1.17. The second-order valence-corrected chi connectivity index (χ2v) is 1.50. The molecule has 8 heavy (non-hydrogen) atoms. The van der Waals surface area contributed by atoms with Crippen LogP contribution in [0.3, 0.4) is 0 Å². The van der Waals surface area contributed by atoms with Gasteiger partial charge >= 0.3 is 0 Å². The molecule has 0 bridgehead atoms. The van der Waals surface area contributed by atoms with Crippen molar-refractivity contribution in [3.8, 4) is 0 Å². The molecule has 0 radical (unpaired) electrons. The molecular weight excluding hydrogens is 259 g/mol. The van der Waals surface area contributed by atoms with E-state index in [0.29, 0.717) is 6.61 Å². The zero-order valence-corrected chi connectivity index (χ0v) is 7.24. The Morgan fingerprint density at radius 3 is 2.00 bits per heavy atom. The van der Waals surface area contributed by atoms with Crippen LogP contribution in [0.25, 0.3) is 0 Å². The normalized spacial score (nSPS) is 12.4. The average molecular weight is 271 g/mol. The molecule has 0 N–H and O–H groups in total. The zero-order chi connectivity index (χ0) is 5.70. The Balaban J connectivity index is 0. The van der Waals surface area contributed by atoms with Crippen molar-refractivity contribution in [1.29, 1.82) is 0 Å². The monoisotopic (exact) mass is 270 g/mol. The van der Waals surface area contributed by atoms with Crippen LogP contribution in [-0.4, -0.2) is 26.9 Å². The van der Waals surface area contributed by atoms with Crippen LogP contribution in [0.1, 0.15) is 6.92 Å². The van der Waals surface area contributed by atoms with Crippen LogP contribution in [0.2, 0.25) is 0 Å². The standard InChI is InChI=1S/C5H12O2.Er/c1-5(7-3)4-6-2;/h5H,4H2,1-3H3;. The molecule has 1 atom stereocenters. The van der Waals surface area contributed by atoms with Gasteiger partial charge in [0.25, 0.3) is 0 Å². The fourth-order valence-electron chi connectivity index (χ4n) is 0.303. The number of hydrogen-bond acceptors (Lipinski definition) is 2. The van der Waals surface area contributed by atoms with E-state index in [4.69, 9.17) is 9.47 Å². The molecule has 0 spiro atoms. The van der Waals surface area contributed by atoms with Gasteiger partial charge in [0.05, 0.1) is 12.7 Å². The van der Waals surface area contributed by atoms with Crippen molar-refractivity contribution in [3.63, 3.8) is 0 Å². The first-order chi connectivity index (χ1) is 3.31. The van der Waals surface area contributed by atoms with Gasteiger partial charge in [0.15, 0.2) is 0 Å². The van der Waals surface area contributed by atoms with Crippen LogP contribution in [0.5, 0.6) is 0 Å². The molecule has 0 fully saturated rings. The van der Waals surface area contributed by atoms with Crippen molar-refractivity contribution in [2.45, 2.75) is 13.0 Å². The van der Waals surface area contributed by atoms with E-state index in [1.54, 1.807) is 14.2 Å². The molecule has 0 amide bonds. The van der Waals surface area contributed by atoms with E-state index in [1.165, 1.54) is 0 Å². The third-order valence-electron chi connectivity index (χ3n) is 0.804. The molecule has 0 aromatic heterocycles. The summed E-state index contributed by atoms with van der Waals surface area (Å²) in [6, 6.07) is 0. The Morgan fingerprint density at radius 2 is 1.88 bits per heavy atom. The summed E-state index contributed by atoms with van der Waals surface area (Å²) >= 11 is 0. The molecule has 56 valence electrons. The fraction of sp³-hybridized carbons (Fsp3) is 1.00. The van der Waals surface area contributed by atoms with Crippen LogP contribution in [0.15, 0.2) is 0 Å².